The molecule has 1 heterocycles. The van der Waals surface area contributed by atoms with E-state index in [0.717, 1.165) is 10.2 Å². The Morgan fingerprint density at radius 2 is 1.92 bits per heavy atom. The number of anilines is 1. The van der Waals surface area contributed by atoms with Crippen LogP contribution in [-0.4, -0.2) is 35.7 Å². The van der Waals surface area contributed by atoms with Crippen LogP contribution in [0.2, 0.25) is 0 Å². The summed E-state index contributed by atoms with van der Waals surface area (Å²) in [5.74, 6) is 0.0504. The van der Waals surface area contributed by atoms with Crippen molar-refractivity contribution in [1.82, 2.24) is 9.78 Å². The molecule has 1 atom stereocenters. The lowest BCUT2D eigenvalue weighted by molar-refractivity contribution is -0.142. The molecule has 0 spiro atoms. The monoisotopic (exact) mass is 345 g/mol. The lowest BCUT2D eigenvalue weighted by Gasteiger charge is -2.16. The molecule has 8 heteroatoms. The predicted octanol–water partition coefficient (Wildman–Crippen LogP) is 3.56. The number of methoxy groups -OCH3 is 1. The first-order valence-corrected chi connectivity index (χ1v) is 7.39. The summed E-state index contributed by atoms with van der Waals surface area (Å²) in [4.78, 5) is 0. The highest BCUT2D eigenvalue weighted by molar-refractivity contribution is 5.36. The Kier molecular flexibility index (Phi) is 5.82. The van der Waals surface area contributed by atoms with E-state index in [4.69, 9.17) is 4.74 Å². The van der Waals surface area contributed by atoms with Crippen molar-refractivity contribution in [2.45, 2.75) is 32.2 Å². The van der Waals surface area contributed by atoms with Crippen molar-refractivity contribution < 1.29 is 22.3 Å². The summed E-state index contributed by atoms with van der Waals surface area (Å²) in [5.41, 5.74) is 1.33. The van der Waals surface area contributed by atoms with Crippen LogP contribution in [0.1, 0.15) is 11.3 Å². The van der Waals surface area contributed by atoms with E-state index in [1.54, 1.807) is 32.2 Å². The molecule has 0 bridgehead atoms. The van der Waals surface area contributed by atoms with E-state index >= 15 is 0 Å². The summed E-state index contributed by atoms with van der Waals surface area (Å²) in [5, 5.41) is 6.88. The molecule has 0 aliphatic carbocycles. The number of nitrogens with zero attached hydrogens (tertiary/aromatic N) is 2. The highest BCUT2D eigenvalue weighted by atomic mass is 19.4. The van der Waals surface area contributed by atoms with Crippen LogP contribution in [0.3, 0.4) is 0 Å². The maximum absolute atomic E-state index is 12.9. The third-order valence-corrected chi connectivity index (χ3v) is 3.53. The fourth-order valence-corrected chi connectivity index (χ4v) is 2.27. The highest BCUT2D eigenvalue weighted by Gasteiger charge is 2.29. The Balaban J connectivity index is 1.93. The lowest BCUT2D eigenvalue weighted by atomic mass is 10.1. The van der Waals surface area contributed by atoms with Gasteiger partial charge in [0.25, 0.3) is 0 Å². The molecule has 0 fully saturated rings. The van der Waals surface area contributed by atoms with Crippen molar-refractivity contribution >= 4 is 5.82 Å². The average molecular weight is 345 g/mol. The molecule has 4 nitrogen and oxygen atoms in total. The molecule has 0 radical (unpaired) electrons. The smallest absolute Gasteiger partial charge is 0.379 e. The van der Waals surface area contributed by atoms with Crippen LogP contribution in [-0.2, 0) is 17.7 Å². The zero-order chi connectivity index (χ0) is 17.7. The number of ether oxygens (including phenoxy) is 1. The molecule has 1 aromatic heterocycles. The Bertz CT molecular complexity index is 652. The van der Waals surface area contributed by atoms with Gasteiger partial charge in [0.2, 0.25) is 0 Å². The Hall–Kier alpha value is -2.09. The number of hydrogen-bond donors (Lipinski definition) is 1. The first-order chi connectivity index (χ1) is 11.3. The zero-order valence-corrected chi connectivity index (χ0v) is 13.4. The minimum Gasteiger partial charge on any atom is -0.379 e. The van der Waals surface area contributed by atoms with Gasteiger partial charge >= 0.3 is 6.18 Å². The topological polar surface area (TPSA) is 39.1 Å². The molecule has 24 heavy (non-hydrogen) atoms. The lowest BCUT2D eigenvalue weighted by Crippen LogP contribution is -2.25. The second-order valence-electron chi connectivity index (χ2n) is 5.51. The number of nitrogens with one attached hydrogen (secondary N) is 1. The van der Waals surface area contributed by atoms with Gasteiger partial charge in [0.1, 0.15) is 18.2 Å². The quantitative estimate of drug-likeness (QED) is 0.780. The third kappa shape index (κ3) is 5.52. The molecule has 1 aromatic carbocycles. The fraction of sp³-hybridized carbons (Fsp3) is 0.438. The van der Waals surface area contributed by atoms with E-state index in [1.165, 1.54) is 12.1 Å². The second kappa shape index (κ2) is 7.65. The number of aryl methyl sites for hydroxylation is 1. The number of hydrogen-bond acceptors (Lipinski definition) is 3. The second-order valence-corrected chi connectivity index (χ2v) is 5.51. The average Bonchev–Trinajstić information content (AvgIpc) is 2.83. The summed E-state index contributed by atoms with van der Waals surface area (Å²) in [6.07, 6.45) is -3.99. The van der Waals surface area contributed by atoms with E-state index in [0.29, 0.717) is 24.5 Å². The SMILES string of the molecule is COC(CNc1cc(C)n(CC(F)(F)F)n1)Cc1ccc(F)cc1. The molecule has 0 saturated heterocycles. The van der Waals surface area contributed by atoms with Crippen LogP contribution in [0.5, 0.6) is 0 Å². The van der Waals surface area contributed by atoms with Crippen LogP contribution >= 0.6 is 0 Å². The van der Waals surface area contributed by atoms with Crippen molar-refractivity contribution in [3.8, 4) is 0 Å². The van der Waals surface area contributed by atoms with Gasteiger partial charge in [-0.1, -0.05) is 12.1 Å². The van der Waals surface area contributed by atoms with Crippen molar-refractivity contribution in [1.29, 1.82) is 0 Å². The highest BCUT2D eigenvalue weighted by Crippen LogP contribution is 2.19. The van der Waals surface area contributed by atoms with Crippen molar-refractivity contribution in [2.75, 3.05) is 19.0 Å². The molecular formula is C16H19F4N3O. The summed E-state index contributed by atoms with van der Waals surface area (Å²) in [6.45, 7) is 0.816. The number of alkyl halides is 3. The minimum atomic E-state index is -4.31. The van der Waals surface area contributed by atoms with Crippen molar-refractivity contribution in [3.63, 3.8) is 0 Å². The molecule has 2 rings (SSSR count). The van der Waals surface area contributed by atoms with Crippen molar-refractivity contribution in [3.05, 3.63) is 47.4 Å². The Labute approximate surface area is 137 Å². The van der Waals surface area contributed by atoms with Gasteiger partial charge in [0.15, 0.2) is 0 Å². The van der Waals surface area contributed by atoms with Crippen LogP contribution in [0.15, 0.2) is 30.3 Å². The van der Waals surface area contributed by atoms with E-state index in [1.807, 2.05) is 0 Å². The summed E-state index contributed by atoms with van der Waals surface area (Å²) in [7, 11) is 1.55. The van der Waals surface area contributed by atoms with E-state index in [9.17, 15) is 17.6 Å². The fourth-order valence-electron chi connectivity index (χ4n) is 2.27. The minimum absolute atomic E-state index is 0.219. The molecule has 0 aliphatic rings. The Morgan fingerprint density at radius 1 is 1.25 bits per heavy atom. The molecule has 1 unspecified atom stereocenters. The number of benzene rings is 1. The van der Waals surface area contributed by atoms with Crippen LogP contribution in [0, 0.1) is 12.7 Å². The van der Waals surface area contributed by atoms with Gasteiger partial charge in [-0.2, -0.15) is 18.3 Å². The van der Waals surface area contributed by atoms with Crippen LogP contribution in [0.4, 0.5) is 23.4 Å². The van der Waals surface area contributed by atoms with Gasteiger partial charge < -0.3 is 10.1 Å². The summed E-state index contributed by atoms with van der Waals surface area (Å²) in [6, 6.07) is 7.64. The van der Waals surface area contributed by atoms with Gasteiger partial charge in [0.05, 0.1) is 6.10 Å². The molecule has 2 aromatic rings. The standard InChI is InChI=1S/C16H19F4N3O/c1-11-7-15(22-23(11)10-16(18,19)20)21-9-14(24-2)8-12-3-5-13(17)6-4-12/h3-7,14H,8-10H2,1-2H3,(H,21,22). The molecular weight excluding hydrogens is 326 g/mol. The number of aromatic nitrogens is 2. The maximum atomic E-state index is 12.9. The van der Waals surface area contributed by atoms with Gasteiger partial charge in [0, 0.05) is 31.8 Å². The summed E-state index contributed by atoms with van der Waals surface area (Å²) < 4.78 is 56.5. The molecule has 0 saturated carbocycles. The van der Waals surface area contributed by atoms with Crippen molar-refractivity contribution in [2.24, 2.45) is 0 Å². The maximum Gasteiger partial charge on any atom is 0.408 e. The predicted molar refractivity (Wildman–Crippen MR) is 82.4 cm³/mol. The molecule has 1 N–H and O–H groups in total. The van der Waals surface area contributed by atoms with Gasteiger partial charge in [-0.3, -0.25) is 4.68 Å². The first-order valence-electron chi connectivity index (χ1n) is 7.39. The van der Waals surface area contributed by atoms with E-state index in [-0.39, 0.29) is 11.9 Å². The number of halogens is 4. The third-order valence-electron chi connectivity index (χ3n) is 3.53. The van der Waals surface area contributed by atoms with Gasteiger partial charge in [-0.05, 0) is 24.6 Å². The zero-order valence-electron chi connectivity index (χ0n) is 13.4. The Morgan fingerprint density at radius 3 is 2.50 bits per heavy atom. The van der Waals surface area contributed by atoms with E-state index in [2.05, 4.69) is 10.4 Å². The van der Waals surface area contributed by atoms with Gasteiger partial charge in [-0.15, -0.1) is 0 Å². The van der Waals surface area contributed by atoms with Gasteiger partial charge in [-0.25, -0.2) is 4.39 Å². The van der Waals surface area contributed by atoms with E-state index < -0.39 is 12.7 Å². The van der Waals surface area contributed by atoms with Crippen LogP contribution in [0.25, 0.3) is 0 Å². The first kappa shape index (κ1) is 18.3. The van der Waals surface area contributed by atoms with Crippen LogP contribution < -0.4 is 5.32 Å². The molecule has 0 amide bonds. The largest absolute Gasteiger partial charge is 0.408 e. The molecule has 0 aliphatic heterocycles. The normalized spacial score (nSPS) is 13.1. The molecule has 132 valence electrons. The number of rotatable bonds is 7. The summed E-state index contributed by atoms with van der Waals surface area (Å²) >= 11 is 0.